The summed E-state index contributed by atoms with van der Waals surface area (Å²) in [5.41, 5.74) is 2.08. The highest BCUT2D eigenvalue weighted by molar-refractivity contribution is 7.99. The molecular weight excluding hydrogens is 387 g/mol. The number of rotatable bonds is 9. The first-order valence-electron chi connectivity index (χ1n) is 8.84. The van der Waals surface area contributed by atoms with Crippen molar-refractivity contribution in [2.45, 2.75) is 24.2 Å². The first-order chi connectivity index (χ1) is 13.5. The third-order valence-corrected chi connectivity index (χ3v) is 4.86. The minimum Gasteiger partial charge on any atom is -0.372 e. The van der Waals surface area contributed by atoms with Crippen molar-refractivity contribution in [3.63, 3.8) is 0 Å². The van der Waals surface area contributed by atoms with E-state index in [1.54, 1.807) is 0 Å². The molecule has 0 N–H and O–H groups in total. The average molecular weight is 407 g/mol. The molecule has 148 valence electrons. The molecule has 0 fully saturated rings. The molecule has 1 aromatic heterocycles. The number of para-hydroxylation sites is 1. The van der Waals surface area contributed by atoms with Crippen molar-refractivity contribution in [3.8, 4) is 5.69 Å². The molecule has 2 aromatic carbocycles. The van der Waals surface area contributed by atoms with Gasteiger partial charge in [-0.1, -0.05) is 60.3 Å². The smallest absolute Gasteiger partial charge is 0.372 e. The largest absolute Gasteiger partial charge is 0.411 e. The molecule has 0 bridgehead atoms. The van der Waals surface area contributed by atoms with Gasteiger partial charge in [-0.3, -0.25) is 4.57 Å². The number of thioether (sulfide) groups is 1. The fourth-order valence-electron chi connectivity index (χ4n) is 2.64. The van der Waals surface area contributed by atoms with Crippen molar-refractivity contribution in [3.05, 3.63) is 72.1 Å². The number of hydrogen-bond donors (Lipinski definition) is 0. The van der Waals surface area contributed by atoms with E-state index in [0.29, 0.717) is 23.8 Å². The Labute approximate surface area is 165 Å². The Balaban J connectivity index is 1.67. The van der Waals surface area contributed by atoms with Crippen LogP contribution in [0, 0.1) is 0 Å². The fourth-order valence-corrected chi connectivity index (χ4v) is 3.52. The monoisotopic (exact) mass is 407 g/mol. The Morgan fingerprint density at radius 2 is 1.61 bits per heavy atom. The summed E-state index contributed by atoms with van der Waals surface area (Å²) in [5, 5.41) is 9.36. The van der Waals surface area contributed by atoms with E-state index in [9.17, 15) is 13.2 Å². The van der Waals surface area contributed by atoms with Crippen LogP contribution in [0.5, 0.6) is 0 Å². The summed E-state index contributed by atoms with van der Waals surface area (Å²) in [6, 6.07) is 19.8. The molecule has 8 heteroatoms. The summed E-state index contributed by atoms with van der Waals surface area (Å²) in [6.07, 6.45) is -3.15. The second-order valence-electron chi connectivity index (χ2n) is 6.10. The zero-order valence-corrected chi connectivity index (χ0v) is 15.9. The Morgan fingerprint density at radius 3 is 2.29 bits per heavy atom. The molecule has 0 unspecified atom stereocenters. The van der Waals surface area contributed by atoms with Crippen LogP contribution in [0.15, 0.2) is 65.8 Å². The van der Waals surface area contributed by atoms with Gasteiger partial charge < -0.3 is 4.74 Å². The van der Waals surface area contributed by atoms with Crippen molar-refractivity contribution in [1.29, 1.82) is 0 Å². The van der Waals surface area contributed by atoms with Crippen LogP contribution >= 0.6 is 11.8 Å². The van der Waals surface area contributed by atoms with Crippen molar-refractivity contribution < 1.29 is 17.9 Å². The Hall–Kier alpha value is -2.32. The van der Waals surface area contributed by atoms with E-state index >= 15 is 0 Å². The molecule has 0 atom stereocenters. The van der Waals surface area contributed by atoms with Gasteiger partial charge in [-0.25, -0.2) is 0 Å². The maximum Gasteiger partial charge on any atom is 0.411 e. The molecule has 0 saturated heterocycles. The highest BCUT2D eigenvalue weighted by atomic mass is 32.2. The lowest BCUT2D eigenvalue weighted by molar-refractivity contribution is -0.173. The van der Waals surface area contributed by atoms with Crippen LogP contribution < -0.4 is 0 Å². The highest BCUT2D eigenvalue weighted by Gasteiger charge is 2.27. The predicted octanol–water partition coefficient (Wildman–Crippen LogP) is 4.92. The van der Waals surface area contributed by atoms with Crippen LogP contribution in [0.4, 0.5) is 13.2 Å². The van der Waals surface area contributed by atoms with Crippen molar-refractivity contribution in [1.82, 2.24) is 14.8 Å². The first-order valence-corrected chi connectivity index (χ1v) is 9.82. The van der Waals surface area contributed by atoms with E-state index in [1.807, 2.05) is 65.2 Å². The fraction of sp³-hybridized carbons (Fsp3) is 0.300. The second-order valence-corrected chi connectivity index (χ2v) is 7.16. The van der Waals surface area contributed by atoms with E-state index in [4.69, 9.17) is 0 Å². The molecule has 0 amide bonds. The van der Waals surface area contributed by atoms with Crippen molar-refractivity contribution in [2.24, 2.45) is 0 Å². The molecule has 28 heavy (non-hydrogen) atoms. The maximum absolute atomic E-state index is 12.1. The van der Waals surface area contributed by atoms with E-state index in [0.717, 1.165) is 17.1 Å². The Kier molecular flexibility index (Phi) is 7.11. The third-order valence-electron chi connectivity index (χ3n) is 3.85. The van der Waals surface area contributed by atoms with Crippen LogP contribution in [-0.2, 0) is 11.2 Å². The van der Waals surface area contributed by atoms with Gasteiger partial charge in [0.2, 0.25) is 0 Å². The Morgan fingerprint density at radius 1 is 0.929 bits per heavy atom. The molecule has 4 nitrogen and oxygen atoms in total. The molecule has 3 rings (SSSR count). The van der Waals surface area contributed by atoms with Crippen LogP contribution in [0.25, 0.3) is 5.69 Å². The Bertz CT molecular complexity index is 854. The van der Waals surface area contributed by atoms with Gasteiger partial charge in [0.25, 0.3) is 0 Å². The number of aromatic nitrogens is 3. The number of alkyl halides is 3. The van der Waals surface area contributed by atoms with Gasteiger partial charge in [-0.15, -0.1) is 10.2 Å². The molecule has 0 radical (unpaired) electrons. The van der Waals surface area contributed by atoms with Crippen molar-refractivity contribution >= 4 is 11.8 Å². The number of benzene rings is 2. The van der Waals surface area contributed by atoms with Crippen LogP contribution in [-0.4, -0.2) is 39.9 Å². The van der Waals surface area contributed by atoms with E-state index in [-0.39, 0.29) is 6.61 Å². The summed E-state index contributed by atoms with van der Waals surface area (Å²) in [5.74, 6) is 1.40. The predicted molar refractivity (Wildman–Crippen MR) is 103 cm³/mol. The summed E-state index contributed by atoms with van der Waals surface area (Å²) >= 11 is 1.46. The molecule has 0 aliphatic carbocycles. The standard InChI is InChI=1S/C20H20F3N3OS/c21-20(22,23)15-27-12-7-13-28-19-25-24-18(14-16-8-3-1-4-9-16)26(19)17-10-5-2-6-11-17/h1-6,8-11H,7,12-15H2. The first kappa shape index (κ1) is 20.4. The van der Waals surface area contributed by atoms with Gasteiger partial charge in [-0.05, 0) is 24.1 Å². The molecule has 0 spiro atoms. The second kappa shape index (κ2) is 9.75. The van der Waals surface area contributed by atoms with Gasteiger partial charge in [-0.2, -0.15) is 13.2 Å². The van der Waals surface area contributed by atoms with Gasteiger partial charge in [0.15, 0.2) is 5.16 Å². The minimum absolute atomic E-state index is 0.0584. The van der Waals surface area contributed by atoms with Gasteiger partial charge in [0.05, 0.1) is 0 Å². The lowest BCUT2D eigenvalue weighted by Crippen LogP contribution is -2.17. The maximum atomic E-state index is 12.1. The summed E-state index contributed by atoms with van der Waals surface area (Å²) in [6.45, 7) is -1.15. The number of halogens is 3. The minimum atomic E-state index is -4.28. The normalized spacial score (nSPS) is 11.7. The summed E-state index contributed by atoms with van der Waals surface area (Å²) in [4.78, 5) is 0. The number of nitrogens with zero attached hydrogens (tertiary/aromatic N) is 3. The lowest BCUT2D eigenvalue weighted by Gasteiger charge is -2.10. The zero-order valence-electron chi connectivity index (χ0n) is 15.1. The van der Waals surface area contributed by atoms with E-state index in [1.165, 1.54) is 11.8 Å². The van der Waals surface area contributed by atoms with Crippen LogP contribution in [0.1, 0.15) is 17.8 Å². The molecular formula is C20H20F3N3OS. The lowest BCUT2D eigenvalue weighted by atomic mass is 10.1. The molecule has 0 aliphatic rings. The van der Waals surface area contributed by atoms with Crippen LogP contribution in [0.3, 0.4) is 0 Å². The average Bonchev–Trinajstić information content (AvgIpc) is 3.07. The van der Waals surface area contributed by atoms with Gasteiger partial charge in [0, 0.05) is 24.5 Å². The van der Waals surface area contributed by atoms with E-state index < -0.39 is 12.8 Å². The van der Waals surface area contributed by atoms with E-state index in [2.05, 4.69) is 14.9 Å². The quantitative estimate of drug-likeness (QED) is 0.373. The zero-order chi connectivity index (χ0) is 19.8. The highest BCUT2D eigenvalue weighted by Crippen LogP contribution is 2.24. The molecule has 3 aromatic rings. The van der Waals surface area contributed by atoms with Crippen LogP contribution in [0.2, 0.25) is 0 Å². The summed E-state index contributed by atoms with van der Waals surface area (Å²) in [7, 11) is 0. The summed E-state index contributed by atoms with van der Waals surface area (Å²) < 4.78 is 42.9. The van der Waals surface area contributed by atoms with Gasteiger partial charge in [0.1, 0.15) is 12.4 Å². The molecule has 0 aliphatic heterocycles. The van der Waals surface area contributed by atoms with Gasteiger partial charge >= 0.3 is 6.18 Å². The topological polar surface area (TPSA) is 39.9 Å². The molecule has 1 heterocycles. The van der Waals surface area contributed by atoms with Crippen molar-refractivity contribution in [2.75, 3.05) is 19.0 Å². The molecule has 0 saturated carbocycles. The number of hydrogen-bond acceptors (Lipinski definition) is 4. The SMILES string of the molecule is FC(F)(F)COCCCSc1nnc(Cc2ccccc2)n1-c1ccccc1. The number of ether oxygens (including phenoxy) is 1. The third kappa shape index (κ3) is 6.10.